The molecule has 0 atom stereocenters. The summed E-state index contributed by atoms with van der Waals surface area (Å²) in [5.41, 5.74) is 0.707. The number of aromatic hydroxyl groups is 1. The first kappa shape index (κ1) is 12.6. The number of aryl methyl sites for hydroxylation is 1. The normalized spacial score (nSPS) is 10.1. The Morgan fingerprint density at radius 1 is 1.38 bits per heavy atom. The van der Waals surface area contributed by atoms with Gasteiger partial charge in [0.2, 0.25) is 0 Å². The van der Waals surface area contributed by atoms with E-state index in [2.05, 4.69) is 6.92 Å². The van der Waals surface area contributed by atoms with E-state index in [4.69, 9.17) is 4.74 Å². The summed E-state index contributed by atoms with van der Waals surface area (Å²) in [5, 5.41) is 9.31. The van der Waals surface area contributed by atoms with Crippen molar-refractivity contribution in [2.24, 2.45) is 0 Å². The van der Waals surface area contributed by atoms with Crippen LogP contribution in [0.3, 0.4) is 0 Å². The van der Waals surface area contributed by atoms with E-state index in [0.29, 0.717) is 17.7 Å². The van der Waals surface area contributed by atoms with Gasteiger partial charge in [-0.15, -0.1) is 0 Å². The minimum atomic E-state index is -0.210. The molecule has 1 N–H and O–H groups in total. The summed E-state index contributed by atoms with van der Waals surface area (Å²) in [6.07, 6.45) is 3.45. The van der Waals surface area contributed by atoms with Crippen LogP contribution in [-0.4, -0.2) is 11.1 Å². The Balaban J connectivity index is 2.46. The Kier molecular flexibility index (Phi) is 4.83. The fourth-order valence-corrected chi connectivity index (χ4v) is 1.39. The summed E-state index contributed by atoms with van der Waals surface area (Å²) in [5.74, 6) is 0.501. The Morgan fingerprint density at radius 3 is 2.75 bits per heavy atom. The number of phenolic OH excluding ortho intramolecular Hbond substituents is 1. The van der Waals surface area contributed by atoms with Crippen LogP contribution in [0.2, 0.25) is 0 Å². The second-order valence-electron chi connectivity index (χ2n) is 3.88. The molecule has 0 radical (unpaired) electrons. The standard InChI is InChI=1S/C13H18O3/c1-3-4-5-6-13(15)16-11-7-8-12(14)10(2)9-11/h7-9,14H,3-6H2,1-2H3. The van der Waals surface area contributed by atoms with Crippen molar-refractivity contribution in [3.8, 4) is 11.5 Å². The van der Waals surface area contributed by atoms with Gasteiger partial charge in [-0.25, -0.2) is 0 Å². The number of unbranched alkanes of at least 4 members (excludes halogenated alkanes) is 2. The van der Waals surface area contributed by atoms with Gasteiger partial charge in [-0.05, 0) is 37.1 Å². The lowest BCUT2D eigenvalue weighted by molar-refractivity contribution is -0.134. The van der Waals surface area contributed by atoms with Crippen LogP contribution < -0.4 is 4.74 Å². The molecule has 0 heterocycles. The number of rotatable bonds is 5. The molecule has 0 aromatic heterocycles. The molecule has 0 aliphatic rings. The Bertz CT molecular complexity index is 358. The smallest absolute Gasteiger partial charge is 0.311 e. The van der Waals surface area contributed by atoms with E-state index in [1.807, 2.05) is 0 Å². The van der Waals surface area contributed by atoms with E-state index in [1.54, 1.807) is 19.1 Å². The molecule has 0 saturated carbocycles. The first-order valence-corrected chi connectivity index (χ1v) is 5.63. The summed E-state index contributed by atoms with van der Waals surface area (Å²) < 4.78 is 5.15. The third-order valence-corrected chi connectivity index (χ3v) is 2.38. The van der Waals surface area contributed by atoms with Crippen molar-refractivity contribution >= 4 is 5.97 Å². The molecule has 0 saturated heterocycles. The lowest BCUT2D eigenvalue weighted by Crippen LogP contribution is -2.07. The maximum Gasteiger partial charge on any atom is 0.311 e. The molecule has 3 heteroatoms. The van der Waals surface area contributed by atoms with E-state index >= 15 is 0 Å². The summed E-state index contributed by atoms with van der Waals surface area (Å²) in [7, 11) is 0. The molecule has 88 valence electrons. The van der Waals surface area contributed by atoms with Crippen LogP contribution in [0.1, 0.15) is 38.2 Å². The van der Waals surface area contributed by atoms with Gasteiger partial charge in [-0.2, -0.15) is 0 Å². The number of carbonyl (C=O) groups is 1. The van der Waals surface area contributed by atoms with Crippen molar-refractivity contribution in [2.75, 3.05) is 0 Å². The molecule has 0 unspecified atom stereocenters. The Hall–Kier alpha value is -1.51. The number of hydrogen-bond acceptors (Lipinski definition) is 3. The minimum Gasteiger partial charge on any atom is -0.508 e. The molecule has 1 rings (SSSR count). The van der Waals surface area contributed by atoms with Gasteiger partial charge in [0, 0.05) is 6.42 Å². The largest absolute Gasteiger partial charge is 0.508 e. The minimum absolute atomic E-state index is 0.210. The number of benzene rings is 1. The number of phenols is 1. The first-order chi connectivity index (χ1) is 7.63. The highest BCUT2D eigenvalue weighted by Gasteiger charge is 2.05. The molecule has 16 heavy (non-hydrogen) atoms. The lowest BCUT2D eigenvalue weighted by Gasteiger charge is -2.05. The number of hydrogen-bond donors (Lipinski definition) is 1. The fraction of sp³-hybridized carbons (Fsp3) is 0.462. The Morgan fingerprint density at radius 2 is 2.12 bits per heavy atom. The number of ether oxygens (including phenoxy) is 1. The SMILES string of the molecule is CCCCCC(=O)Oc1ccc(O)c(C)c1. The molecule has 1 aromatic rings. The van der Waals surface area contributed by atoms with E-state index in [0.717, 1.165) is 19.3 Å². The van der Waals surface area contributed by atoms with Gasteiger partial charge in [0.15, 0.2) is 0 Å². The van der Waals surface area contributed by atoms with Crippen molar-refractivity contribution in [1.29, 1.82) is 0 Å². The van der Waals surface area contributed by atoms with Gasteiger partial charge < -0.3 is 9.84 Å². The molecule has 0 amide bonds. The molecule has 0 aliphatic carbocycles. The van der Waals surface area contributed by atoms with Crippen molar-refractivity contribution in [3.63, 3.8) is 0 Å². The third kappa shape index (κ3) is 3.93. The average molecular weight is 222 g/mol. The van der Waals surface area contributed by atoms with Crippen LogP contribution in [0.5, 0.6) is 11.5 Å². The third-order valence-electron chi connectivity index (χ3n) is 2.38. The van der Waals surface area contributed by atoms with E-state index < -0.39 is 0 Å². The number of carbonyl (C=O) groups excluding carboxylic acids is 1. The molecule has 1 aromatic carbocycles. The van der Waals surface area contributed by atoms with Crippen LogP contribution in [0.15, 0.2) is 18.2 Å². The Labute approximate surface area is 96.1 Å². The highest BCUT2D eigenvalue weighted by Crippen LogP contribution is 2.22. The van der Waals surface area contributed by atoms with Gasteiger partial charge in [0.25, 0.3) is 0 Å². The van der Waals surface area contributed by atoms with E-state index in [1.165, 1.54) is 6.07 Å². The van der Waals surface area contributed by atoms with Crippen LogP contribution in [-0.2, 0) is 4.79 Å². The van der Waals surface area contributed by atoms with Crippen molar-refractivity contribution in [3.05, 3.63) is 23.8 Å². The van der Waals surface area contributed by atoms with Gasteiger partial charge in [-0.3, -0.25) is 4.79 Å². The molecular formula is C13H18O3. The highest BCUT2D eigenvalue weighted by atomic mass is 16.5. The monoisotopic (exact) mass is 222 g/mol. The zero-order valence-corrected chi connectivity index (χ0v) is 9.82. The quantitative estimate of drug-likeness (QED) is 0.473. The van der Waals surface area contributed by atoms with E-state index in [-0.39, 0.29) is 11.7 Å². The first-order valence-electron chi connectivity index (χ1n) is 5.63. The van der Waals surface area contributed by atoms with Crippen molar-refractivity contribution in [1.82, 2.24) is 0 Å². The van der Waals surface area contributed by atoms with Gasteiger partial charge in [0.1, 0.15) is 11.5 Å². The second-order valence-corrected chi connectivity index (χ2v) is 3.88. The summed E-state index contributed by atoms with van der Waals surface area (Å²) >= 11 is 0. The fourth-order valence-electron chi connectivity index (χ4n) is 1.39. The van der Waals surface area contributed by atoms with E-state index in [9.17, 15) is 9.90 Å². The van der Waals surface area contributed by atoms with Crippen LogP contribution in [0.4, 0.5) is 0 Å². The van der Waals surface area contributed by atoms with Crippen molar-refractivity contribution < 1.29 is 14.6 Å². The molecule has 0 spiro atoms. The zero-order valence-electron chi connectivity index (χ0n) is 9.82. The summed E-state index contributed by atoms with van der Waals surface area (Å²) in [6.45, 7) is 3.86. The lowest BCUT2D eigenvalue weighted by atomic mass is 10.2. The molecule has 0 bridgehead atoms. The second kappa shape index (κ2) is 6.16. The average Bonchev–Trinajstić information content (AvgIpc) is 2.24. The van der Waals surface area contributed by atoms with Crippen molar-refractivity contribution in [2.45, 2.75) is 39.5 Å². The molecule has 3 nitrogen and oxygen atoms in total. The predicted octanol–water partition coefficient (Wildman–Crippen LogP) is 3.19. The van der Waals surface area contributed by atoms with Gasteiger partial charge >= 0.3 is 5.97 Å². The molecular weight excluding hydrogens is 204 g/mol. The molecule has 0 fully saturated rings. The van der Waals surface area contributed by atoms with Crippen LogP contribution in [0.25, 0.3) is 0 Å². The van der Waals surface area contributed by atoms with Crippen LogP contribution in [0, 0.1) is 6.92 Å². The van der Waals surface area contributed by atoms with Crippen LogP contribution >= 0.6 is 0 Å². The predicted molar refractivity (Wildman–Crippen MR) is 62.6 cm³/mol. The summed E-state index contributed by atoms with van der Waals surface area (Å²) in [4.78, 5) is 11.4. The summed E-state index contributed by atoms with van der Waals surface area (Å²) in [6, 6.07) is 4.79. The van der Waals surface area contributed by atoms with Gasteiger partial charge in [-0.1, -0.05) is 19.8 Å². The number of esters is 1. The topological polar surface area (TPSA) is 46.5 Å². The maximum absolute atomic E-state index is 11.4. The molecule has 0 aliphatic heterocycles. The zero-order chi connectivity index (χ0) is 12.0. The highest BCUT2D eigenvalue weighted by molar-refractivity contribution is 5.72. The van der Waals surface area contributed by atoms with Gasteiger partial charge in [0.05, 0.1) is 0 Å². The maximum atomic E-state index is 11.4.